The zero-order chi connectivity index (χ0) is 10.9. The maximum Gasteiger partial charge on any atom is 0.325 e. The molecule has 0 unspecified atom stereocenters. The quantitative estimate of drug-likeness (QED) is 0.717. The van der Waals surface area contributed by atoms with Crippen molar-refractivity contribution in [3.8, 4) is 0 Å². The van der Waals surface area contributed by atoms with E-state index in [0.29, 0.717) is 12.1 Å². The van der Waals surface area contributed by atoms with Gasteiger partial charge in [0.25, 0.3) is 0 Å². The third-order valence-corrected chi connectivity index (χ3v) is 2.50. The zero-order valence-corrected chi connectivity index (χ0v) is 9.08. The van der Waals surface area contributed by atoms with Crippen molar-refractivity contribution in [1.29, 1.82) is 0 Å². The van der Waals surface area contributed by atoms with E-state index < -0.39 is 10.1 Å². The molecule has 0 saturated heterocycles. The molecule has 0 aromatic carbocycles. The van der Waals surface area contributed by atoms with Gasteiger partial charge in [-0.15, -0.1) is 0 Å². The number of oxime groups is 1. The summed E-state index contributed by atoms with van der Waals surface area (Å²) in [5, 5.41) is 3.64. The fourth-order valence-electron chi connectivity index (χ4n) is 1.55. The molecule has 1 aliphatic rings. The fourth-order valence-corrected chi connectivity index (χ4v) is 1.78. The Morgan fingerprint density at radius 3 is 3.00 bits per heavy atom. The van der Waals surface area contributed by atoms with Gasteiger partial charge in [-0.25, -0.2) is 0 Å². The first-order valence-electron chi connectivity index (χ1n) is 4.58. The minimum absolute atomic E-state index is 0.635. The smallest absolute Gasteiger partial charge is 0.325 e. The van der Waals surface area contributed by atoms with Gasteiger partial charge in [-0.05, 0) is 18.9 Å². The highest BCUT2D eigenvalue weighted by Gasteiger charge is 2.19. The van der Waals surface area contributed by atoms with E-state index in [1.807, 2.05) is 0 Å². The second-order valence-electron chi connectivity index (χ2n) is 3.43. The number of furan rings is 1. The van der Waals surface area contributed by atoms with Crippen LogP contribution in [0.15, 0.2) is 21.9 Å². The summed E-state index contributed by atoms with van der Waals surface area (Å²) in [5.74, 6) is 0.845. The summed E-state index contributed by atoms with van der Waals surface area (Å²) in [7, 11) is -3.53. The Balaban J connectivity index is 2.26. The number of fused-ring (bicyclic) bond motifs is 1. The highest BCUT2D eigenvalue weighted by Crippen LogP contribution is 2.22. The third-order valence-electron chi connectivity index (χ3n) is 2.16. The summed E-state index contributed by atoms with van der Waals surface area (Å²) >= 11 is 0. The molecule has 0 bridgehead atoms. The van der Waals surface area contributed by atoms with Crippen LogP contribution in [0.25, 0.3) is 0 Å². The number of nitrogens with zero attached hydrogens (tertiary/aromatic N) is 1. The molecule has 0 fully saturated rings. The minimum atomic E-state index is -3.53. The lowest BCUT2D eigenvalue weighted by Crippen LogP contribution is -2.11. The fraction of sp³-hybridized carbons (Fsp3) is 0.444. The van der Waals surface area contributed by atoms with Crippen LogP contribution in [-0.2, 0) is 20.8 Å². The van der Waals surface area contributed by atoms with Crippen molar-refractivity contribution in [1.82, 2.24) is 0 Å². The molecule has 0 aliphatic heterocycles. The van der Waals surface area contributed by atoms with Crippen LogP contribution in [-0.4, -0.2) is 20.4 Å². The predicted octanol–water partition coefficient (Wildman–Crippen LogP) is 1.30. The molecular formula is C9H11NO4S. The van der Waals surface area contributed by atoms with Gasteiger partial charge in [0.15, 0.2) is 0 Å². The van der Waals surface area contributed by atoms with E-state index in [1.165, 1.54) is 0 Å². The maximum atomic E-state index is 10.8. The van der Waals surface area contributed by atoms with Crippen LogP contribution in [0.2, 0.25) is 0 Å². The first-order chi connectivity index (χ1) is 7.06. The molecule has 0 atom stereocenters. The molecule has 1 heterocycles. The van der Waals surface area contributed by atoms with Gasteiger partial charge in [-0.3, -0.25) is 4.28 Å². The van der Waals surface area contributed by atoms with Crippen molar-refractivity contribution < 1.29 is 17.1 Å². The Morgan fingerprint density at radius 2 is 2.27 bits per heavy atom. The lowest BCUT2D eigenvalue weighted by atomic mass is 9.97. The highest BCUT2D eigenvalue weighted by molar-refractivity contribution is 7.85. The predicted molar refractivity (Wildman–Crippen MR) is 54.1 cm³/mol. The molecule has 82 valence electrons. The largest absolute Gasteiger partial charge is 0.469 e. The van der Waals surface area contributed by atoms with Gasteiger partial charge in [0.1, 0.15) is 5.76 Å². The van der Waals surface area contributed by atoms with Crippen molar-refractivity contribution in [2.45, 2.75) is 19.3 Å². The molecule has 1 aromatic rings. The van der Waals surface area contributed by atoms with Crippen molar-refractivity contribution >= 4 is 15.8 Å². The van der Waals surface area contributed by atoms with Crippen molar-refractivity contribution in [3.63, 3.8) is 0 Å². The van der Waals surface area contributed by atoms with E-state index in [0.717, 1.165) is 30.4 Å². The van der Waals surface area contributed by atoms with E-state index >= 15 is 0 Å². The van der Waals surface area contributed by atoms with E-state index in [2.05, 4.69) is 9.44 Å². The molecule has 0 amide bonds. The Hall–Kier alpha value is -1.30. The van der Waals surface area contributed by atoms with Crippen molar-refractivity contribution in [2.24, 2.45) is 5.16 Å². The van der Waals surface area contributed by atoms with Gasteiger partial charge in [0.2, 0.25) is 0 Å². The van der Waals surface area contributed by atoms with Gasteiger partial charge < -0.3 is 4.42 Å². The molecule has 6 heteroatoms. The highest BCUT2D eigenvalue weighted by atomic mass is 32.2. The summed E-state index contributed by atoms with van der Waals surface area (Å²) in [4.78, 5) is 0. The SMILES string of the molecule is CS(=O)(=O)ON=C1CCCc2occc21. The normalized spacial score (nSPS) is 18.9. The number of rotatable bonds is 2. The summed E-state index contributed by atoms with van der Waals surface area (Å²) in [5.41, 5.74) is 1.49. The Bertz CT molecular complexity index is 486. The average Bonchev–Trinajstić information content (AvgIpc) is 2.61. The third kappa shape index (κ3) is 2.38. The van der Waals surface area contributed by atoms with E-state index in [9.17, 15) is 8.42 Å². The minimum Gasteiger partial charge on any atom is -0.469 e. The summed E-state index contributed by atoms with van der Waals surface area (Å²) in [6.45, 7) is 0. The van der Waals surface area contributed by atoms with Crippen LogP contribution in [0.1, 0.15) is 24.2 Å². The second kappa shape index (κ2) is 3.69. The molecule has 15 heavy (non-hydrogen) atoms. The molecule has 1 aromatic heterocycles. The molecule has 5 nitrogen and oxygen atoms in total. The van der Waals surface area contributed by atoms with Crippen LogP contribution in [0.3, 0.4) is 0 Å². The van der Waals surface area contributed by atoms with Crippen LogP contribution >= 0.6 is 0 Å². The molecule has 2 rings (SSSR count). The lowest BCUT2D eigenvalue weighted by molar-refractivity contribution is 0.341. The molecule has 0 spiro atoms. The molecular weight excluding hydrogens is 218 g/mol. The number of hydrogen-bond acceptors (Lipinski definition) is 5. The maximum absolute atomic E-state index is 10.8. The topological polar surface area (TPSA) is 68.9 Å². The van der Waals surface area contributed by atoms with E-state index in [-0.39, 0.29) is 0 Å². The van der Waals surface area contributed by atoms with Crippen LogP contribution < -0.4 is 0 Å². The summed E-state index contributed by atoms with van der Waals surface area (Å²) in [6.07, 6.45) is 5.01. The van der Waals surface area contributed by atoms with Crippen molar-refractivity contribution in [2.75, 3.05) is 6.26 Å². The Kier molecular flexibility index (Phi) is 2.52. The van der Waals surface area contributed by atoms with E-state index in [1.54, 1.807) is 12.3 Å². The molecule has 1 aliphatic carbocycles. The van der Waals surface area contributed by atoms with Crippen LogP contribution in [0, 0.1) is 0 Å². The van der Waals surface area contributed by atoms with Crippen molar-refractivity contribution in [3.05, 3.63) is 23.7 Å². The Labute approximate surface area is 87.8 Å². The van der Waals surface area contributed by atoms with Gasteiger partial charge in [-0.1, -0.05) is 5.16 Å². The first kappa shape index (κ1) is 10.2. The summed E-state index contributed by atoms with van der Waals surface area (Å²) in [6, 6.07) is 1.78. The average molecular weight is 229 g/mol. The molecule has 0 radical (unpaired) electrons. The van der Waals surface area contributed by atoms with Gasteiger partial charge >= 0.3 is 10.1 Å². The first-order valence-corrected chi connectivity index (χ1v) is 6.40. The standard InChI is InChI=1S/C9H11NO4S/c1-15(11,12)14-10-8-3-2-4-9-7(8)5-6-13-9/h5-6H,2-4H2,1H3. The molecule has 0 N–H and O–H groups in total. The Morgan fingerprint density at radius 1 is 1.47 bits per heavy atom. The summed E-state index contributed by atoms with van der Waals surface area (Å²) < 4.78 is 31.2. The lowest BCUT2D eigenvalue weighted by Gasteiger charge is -2.11. The van der Waals surface area contributed by atoms with Gasteiger partial charge in [0.05, 0.1) is 18.2 Å². The van der Waals surface area contributed by atoms with Crippen LogP contribution in [0.5, 0.6) is 0 Å². The zero-order valence-electron chi connectivity index (χ0n) is 8.26. The second-order valence-corrected chi connectivity index (χ2v) is 4.98. The van der Waals surface area contributed by atoms with Gasteiger partial charge in [-0.2, -0.15) is 8.42 Å². The number of hydrogen-bond donors (Lipinski definition) is 0. The van der Waals surface area contributed by atoms with Gasteiger partial charge in [0, 0.05) is 12.0 Å². The van der Waals surface area contributed by atoms with E-state index in [4.69, 9.17) is 4.42 Å². The molecule has 0 saturated carbocycles. The number of aryl methyl sites for hydroxylation is 1. The van der Waals surface area contributed by atoms with Crippen LogP contribution in [0.4, 0.5) is 0 Å². The monoisotopic (exact) mass is 229 g/mol.